The van der Waals surface area contributed by atoms with Gasteiger partial charge < -0.3 is 13.9 Å². The van der Waals surface area contributed by atoms with Gasteiger partial charge in [0.1, 0.15) is 17.3 Å². The molecule has 0 radical (unpaired) electrons. The van der Waals surface area contributed by atoms with Crippen molar-refractivity contribution in [1.82, 2.24) is 4.98 Å². The summed E-state index contributed by atoms with van der Waals surface area (Å²) in [7, 11) is 3.34. The molecule has 0 aliphatic rings. The minimum Gasteiger partial charge on any atom is -0.497 e. The van der Waals surface area contributed by atoms with Gasteiger partial charge >= 0.3 is 0 Å². The van der Waals surface area contributed by atoms with Crippen molar-refractivity contribution in [2.45, 2.75) is 12.8 Å². The average molecular weight is 385 g/mol. The maximum atomic E-state index is 6.21. The van der Waals surface area contributed by atoms with Gasteiger partial charge in [-0.1, -0.05) is 42.5 Å². The Balaban J connectivity index is 1.65. The van der Waals surface area contributed by atoms with E-state index < -0.39 is 0 Å². The molecule has 0 atom stereocenters. The van der Waals surface area contributed by atoms with Crippen LogP contribution in [0.3, 0.4) is 0 Å². The minimum atomic E-state index is 0.651. The molecule has 0 bridgehead atoms. The molecule has 0 aliphatic heterocycles. The highest BCUT2D eigenvalue weighted by molar-refractivity contribution is 5.53. The SMILES string of the molecule is COc1ccc(Cc2nc(-c3ccccc3)oc2Cc2ccc(OC)cc2)cc1. The lowest BCUT2D eigenvalue weighted by atomic mass is 10.0. The van der Waals surface area contributed by atoms with E-state index in [-0.39, 0.29) is 0 Å². The molecule has 1 aromatic heterocycles. The third kappa shape index (κ3) is 4.49. The molecular weight excluding hydrogens is 362 g/mol. The molecule has 1 heterocycles. The van der Waals surface area contributed by atoms with Gasteiger partial charge in [-0.25, -0.2) is 4.98 Å². The zero-order chi connectivity index (χ0) is 20.1. The van der Waals surface area contributed by atoms with Crippen LogP contribution in [0, 0.1) is 0 Å². The predicted molar refractivity (Wildman–Crippen MR) is 114 cm³/mol. The summed E-state index contributed by atoms with van der Waals surface area (Å²) < 4.78 is 16.7. The highest BCUT2D eigenvalue weighted by atomic mass is 16.5. The van der Waals surface area contributed by atoms with E-state index >= 15 is 0 Å². The first-order chi connectivity index (χ1) is 14.2. The van der Waals surface area contributed by atoms with Crippen molar-refractivity contribution >= 4 is 0 Å². The summed E-state index contributed by atoms with van der Waals surface area (Å²) in [6, 6.07) is 26.1. The standard InChI is InChI=1S/C25H23NO3/c1-27-21-12-8-18(9-13-21)16-23-24(17-19-10-14-22(28-2)15-11-19)29-25(26-23)20-6-4-3-5-7-20/h3-15H,16-17H2,1-2H3. The van der Waals surface area contributed by atoms with E-state index in [9.17, 15) is 0 Å². The number of methoxy groups -OCH3 is 2. The van der Waals surface area contributed by atoms with Gasteiger partial charge in [-0.3, -0.25) is 0 Å². The van der Waals surface area contributed by atoms with Gasteiger partial charge in [0, 0.05) is 18.4 Å². The molecule has 146 valence electrons. The first-order valence-electron chi connectivity index (χ1n) is 9.55. The number of hydrogen-bond acceptors (Lipinski definition) is 4. The lowest BCUT2D eigenvalue weighted by Gasteiger charge is -2.05. The molecule has 4 rings (SSSR count). The fourth-order valence-electron chi connectivity index (χ4n) is 3.23. The number of oxazole rings is 1. The summed E-state index contributed by atoms with van der Waals surface area (Å²) in [5, 5.41) is 0. The van der Waals surface area contributed by atoms with Crippen molar-refractivity contribution in [3.63, 3.8) is 0 Å². The van der Waals surface area contributed by atoms with Crippen molar-refractivity contribution in [2.75, 3.05) is 14.2 Å². The van der Waals surface area contributed by atoms with Gasteiger partial charge in [-0.15, -0.1) is 0 Å². The topological polar surface area (TPSA) is 44.5 Å². The Hall–Kier alpha value is -3.53. The Labute approximate surface area is 170 Å². The van der Waals surface area contributed by atoms with E-state index in [2.05, 4.69) is 24.3 Å². The van der Waals surface area contributed by atoms with Gasteiger partial charge in [0.05, 0.1) is 19.9 Å². The van der Waals surface area contributed by atoms with Crippen LogP contribution in [-0.4, -0.2) is 19.2 Å². The third-order valence-electron chi connectivity index (χ3n) is 4.85. The minimum absolute atomic E-state index is 0.651. The van der Waals surface area contributed by atoms with E-state index in [1.54, 1.807) is 14.2 Å². The van der Waals surface area contributed by atoms with Gasteiger partial charge in [-0.05, 0) is 47.5 Å². The maximum Gasteiger partial charge on any atom is 0.226 e. The van der Waals surface area contributed by atoms with Crippen LogP contribution in [-0.2, 0) is 12.8 Å². The number of aromatic nitrogens is 1. The molecule has 4 aromatic rings. The Bertz CT molecular complexity index is 985. The van der Waals surface area contributed by atoms with Gasteiger partial charge in [0.15, 0.2) is 0 Å². The second kappa shape index (κ2) is 8.65. The summed E-state index contributed by atoms with van der Waals surface area (Å²) in [5.41, 5.74) is 4.24. The molecule has 4 nitrogen and oxygen atoms in total. The second-order valence-electron chi connectivity index (χ2n) is 6.80. The summed E-state index contributed by atoms with van der Waals surface area (Å²) in [5.74, 6) is 3.22. The van der Waals surface area contributed by atoms with Crippen molar-refractivity contribution in [2.24, 2.45) is 0 Å². The molecule has 29 heavy (non-hydrogen) atoms. The van der Waals surface area contributed by atoms with Gasteiger partial charge in [-0.2, -0.15) is 0 Å². The highest BCUT2D eigenvalue weighted by Gasteiger charge is 2.16. The van der Waals surface area contributed by atoms with Crippen LogP contribution >= 0.6 is 0 Å². The quantitative estimate of drug-likeness (QED) is 0.419. The molecule has 0 saturated heterocycles. The fraction of sp³-hybridized carbons (Fsp3) is 0.160. The smallest absolute Gasteiger partial charge is 0.226 e. The lowest BCUT2D eigenvalue weighted by molar-refractivity contribution is 0.414. The first kappa shape index (κ1) is 18.8. The molecule has 3 aromatic carbocycles. The molecule has 0 N–H and O–H groups in total. The summed E-state index contributed by atoms with van der Waals surface area (Å²) >= 11 is 0. The van der Waals surface area contributed by atoms with E-state index in [1.165, 1.54) is 0 Å². The largest absolute Gasteiger partial charge is 0.497 e. The molecule has 0 amide bonds. The molecule has 0 aliphatic carbocycles. The van der Waals surface area contributed by atoms with Crippen molar-refractivity contribution < 1.29 is 13.9 Å². The van der Waals surface area contributed by atoms with E-state index in [4.69, 9.17) is 18.9 Å². The van der Waals surface area contributed by atoms with Crippen molar-refractivity contribution in [3.8, 4) is 23.0 Å². The van der Waals surface area contributed by atoms with Crippen LogP contribution in [0.5, 0.6) is 11.5 Å². The fourth-order valence-corrected chi connectivity index (χ4v) is 3.23. The zero-order valence-electron chi connectivity index (χ0n) is 16.6. The van der Waals surface area contributed by atoms with Gasteiger partial charge in [0.2, 0.25) is 5.89 Å². The molecule has 0 saturated carbocycles. The molecule has 0 fully saturated rings. The van der Waals surface area contributed by atoms with E-state index in [0.29, 0.717) is 18.7 Å². The normalized spacial score (nSPS) is 10.7. The maximum absolute atomic E-state index is 6.21. The first-order valence-corrected chi connectivity index (χ1v) is 9.55. The van der Waals surface area contributed by atoms with E-state index in [0.717, 1.165) is 39.6 Å². The Kier molecular flexibility index (Phi) is 5.61. The summed E-state index contributed by atoms with van der Waals surface area (Å²) in [4.78, 5) is 4.83. The number of hydrogen-bond donors (Lipinski definition) is 0. The van der Waals surface area contributed by atoms with Crippen LogP contribution in [0.2, 0.25) is 0 Å². The number of nitrogens with zero attached hydrogens (tertiary/aromatic N) is 1. The predicted octanol–water partition coefficient (Wildman–Crippen LogP) is 5.54. The molecule has 0 spiro atoms. The number of ether oxygens (including phenoxy) is 2. The lowest BCUT2D eigenvalue weighted by Crippen LogP contribution is -1.96. The monoisotopic (exact) mass is 385 g/mol. The summed E-state index contributed by atoms with van der Waals surface area (Å²) in [6.07, 6.45) is 1.38. The van der Waals surface area contributed by atoms with Crippen LogP contribution in [0.1, 0.15) is 22.6 Å². The molecular formula is C25H23NO3. The molecule has 4 heteroatoms. The summed E-state index contributed by atoms with van der Waals surface area (Å²) in [6.45, 7) is 0. The second-order valence-corrected chi connectivity index (χ2v) is 6.80. The van der Waals surface area contributed by atoms with Crippen LogP contribution in [0.4, 0.5) is 0 Å². The highest BCUT2D eigenvalue weighted by Crippen LogP contribution is 2.26. The Morgan fingerprint density at radius 3 is 1.79 bits per heavy atom. The van der Waals surface area contributed by atoms with Gasteiger partial charge in [0.25, 0.3) is 0 Å². The van der Waals surface area contributed by atoms with Crippen LogP contribution < -0.4 is 9.47 Å². The zero-order valence-corrected chi connectivity index (χ0v) is 16.6. The number of rotatable bonds is 7. The van der Waals surface area contributed by atoms with Crippen LogP contribution in [0.25, 0.3) is 11.5 Å². The van der Waals surface area contributed by atoms with Crippen LogP contribution in [0.15, 0.2) is 83.3 Å². The van der Waals surface area contributed by atoms with E-state index in [1.807, 2.05) is 54.6 Å². The van der Waals surface area contributed by atoms with Crippen molar-refractivity contribution in [3.05, 3.63) is 101 Å². The molecule has 0 unspecified atom stereocenters. The average Bonchev–Trinajstić information content (AvgIpc) is 3.17. The Morgan fingerprint density at radius 2 is 1.24 bits per heavy atom. The Morgan fingerprint density at radius 1 is 0.690 bits per heavy atom. The van der Waals surface area contributed by atoms with Crippen molar-refractivity contribution in [1.29, 1.82) is 0 Å². The number of benzene rings is 3. The third-order valence-corrected chi connectivity index (χ3v) is 4.85.